The normalized spacial score (nSPS) is 16.3. The fraction of sp³-hybridized carbons (Fsp3) is 0.455. The van der Waals surface area contributed by atoms with E-state index in [1.807, 2.05) is 0 Å². The topological polar surface area (TPSA) is 64.2 Å². The number of amides is 1. The van der Waals surface area contributed by atoms with E-state index < -0.39 is 0 Å². The highest BCUT2D eigenvalue weighted by atomic mass is 19.1. The zero-order valence-electron chi connectivity index (χ0n) is 9.69. The maximum absolute atomic E-state index is 12.4. The number of hydrogen-bond acceptors (Lipinski definition) is 3. The molecule has 0 unspecified atom stereocenters. The Kier molecular flexibility index (Phi) is 3.23. The molecule has 17 heavy (non-hydrogen) atoms. The van der Waals surface area contributed by atoms with Crippen molar-refractivity contribution in [1.82, 2.24) is 14.7 Å². The van der Waals surface area contributed by atoms with Gasteiger partial charge in [-0.1, -0.05) is 0 Å². The van der Waals surface area contributed by atoms with Gasteiger partial charge in [0.1, 0.15) is 0 Å². The Bertz CT molecular complexity index is 466. The molecule has 1 aromatic heterocycles. The third-order valence-electron chi connectivity index (χ3n) is 2.88. The van der Waals surface area contributed by atoms with Crippen molar-refractivity contribution in [2.45, 2.75) is 13.0 Å². The first-order valence-corrected chi connectivity index (χ1v) is 5.45. The summed E-state index contributed by atoms with van der Waals surface area (Å²) in [6.45, 7) is 1.11. The average Bonchev–Trinajstić information content (AvgIpc) is 2.74. The van der Waals surface area contributed by atoms with Crippen molar-refractivity contribution in [2.75, 3.05) is 20.1 Å². The molecule has 0 aliphatic carbocycles. The zero-order chi connectivity index (χ0) is 12.4. The molecule has 5 nitrogen and oxygen atoms in total. The highest BCUT2D eigenvalue weighted by Crippen LogP contribution is 2.16. The molecule has 0 aromatic carbocycles. The SMILES string of the molecule is CN1CCc2nn(CC(=CF)CN)cc2C1=O. The minimum atomic E-state index is -0.0315. The lowest BCUT2D eigenvalue weighted by Gasteiger charge is -2.20. The first kappa shape index (κ1) is 11.8. The molecule has 0 bridgehead atoms. The van der Waals surface area contributed by atoms with Crippen LogP contribution < -0.4 is 5.73 Å². The summed E-state index contributed by atoms with van der Waals surface area (Å²) in [7, 11) is 1.76. The smallest absolute Gasteiger partial charge is 0.257 e. The summed E-state index contributed by atoms with van der Waals surface area (Å²) in [6, 6.07) is 0. The van der Waals surface area contributed by atoms with Crippen molar-refractivity contribution in [3.05, 3.63) is 29.4 Å². The first-order valence-electron chi connectivity index (χ1n) is 5.45. The molecule has 1 aromatic rings. The van der Waals surface area contributed by atoms with Crippen LogP contribution in [0.15, 0.2) is 18.1 Å². The molecule has 2 N–H and O–H groups in total. The van der Waals surface area contributed by atoms with E-state index in [4.69, 9.17) is 5.73 Å². The lowest BCUT2D eigenvalue weighted by atomic mass is 10.1. The van der Waals surface area contributed by atoms with Gasteiger partial charge in [-0.05, 0) is 5.57 Å². The molecule has 0 spiro atoms. The summed E-state index contributed by atoms with van der Waals surface area (Å²) in [5.41, 5.74) is 7.21. The average molecular weight is 238 g/mol. The van der Waals surface area contributed by atoms with Gasteiger partial charge in [0, 0.05) is 32.8 Å². The van der Waals surface area contributed by atoms with Crippen molar-refractivity contribution < 1.29 is 9.18 Å². The minimum Gasteiger partial charge on any atom is -0.341 e. The first-order chi connectivity index (χ1) is 8.15. The monoisotopic (exact) mass is 238 g/mol. The molecular formula is C11H15FN4O. The van der Waals surface area contributed by atoms with Gasteiger partial charge in [0.05, 0.1) is 24.1 Å². The lowest BCUT2D eigenvalue weighted by molar-refractivity contribution is 0.0780. The number of hydrogen-bond donors (Lipinski definition) is 1. The maximum Gasteiger partial charge on any atom is 0.257 e. The van der Waals surface area contributed by atoms with Gasteiger partial charge in [-0.2, -0.15) is 5.10 Å². The second-order valence-electron chi connectivity index (χ2n) is 4.14. The summed E-state index contributed by atoms with van der Waals surface area (Å²) in [6.07, 6.45) is 2.89. The van der Waals surface area contributed by atoms with Crippen molar-refractivity contribution >= 4 is 5.91 Å². The Labute approximate surface area is 98.7 Å². The van der Waals surface area contributed by atoms with E-state index >= 15 is 0 Å². The van der Waals surface area contributed by atoms with Gasteiger partial charge in [-0.15, -0.1) is 0 Å². The van der Waals surface area contributed by atoms with Crippen LogP contribution in [0.4, 0.5) is 4.39 Å². The predicted molar refractivity (Wildman–Crippen MR) is 61.1 cm³/mol. The van der Waals surface area contributed by atoms with Crippen LogP contribution in [0.2, 0.25) is 0 Å². The van der Waals surface area contributed by atoms with Crippen LogP contribution in [-0.2, 0) is 13.0 Å². The third kappa shape index (κ3) is 2.21. The van der Waals surface area contributed by atoms with E-state index in [1.54, 1.807) is 22.8 Å². The van der Waals surface area contributed by atoms with E-state index in [-0.39, 0.29) is 19.0 Å². The van der Waals surface area contributed by atoms with Gasteiger partial charge in [0.25, 0.3) is 5.91 Å². The van der Waals surface area contributed by atoms with Crippen LogP contribution in [0.1, 0.15) is 16.1 Å². The van der Waals surface area contributed by atoms with Crippen LogP contribution in [0.25, 0.3) is 0 Å². The fourth-order valence-electron chi connectivity index (χ4n) is 1.84. The van der Waals surface area contributed by atoms with Gasteiger partial charge < -0.3 is 10.6 Å². The molecule has 1 amide bonds. The number of aromatic nitrogens is 2. The summed E-state index contributed by atoms with van der Waals surface area (Å²) in [5.74, 6) is -0.0315. The Morgan fingerprint density at radius 3 is 3.12 bits per heavy atom. The van der Waals surface area contributed by atoms with Crippen LogP contribution in [0.3, 0.4) is 0 Å². The molecule has 0 radical (unpaired) electrons. The molecular weight excluding hydrogens is 223 g/mol. The molecule has 1 aliphatic heterocycles. The van der Waals surface area contributed by atoms with Gasteiger partial charge in [-0.3, -0.25) is 9.48 Å². The number of fused-ring (bicyclic) bond motifs is 1. The highest BCUT2D eigenvalue weighted by Gasteiger charge is 2.24. The van der Waals surface area contributed by atoms with Crippen molar-refractivity contribution in [2.24, 2.45) is 5.73 Å². The number of halogens is 1. The molecule has 0 saturated heterocycles. The van der Waals surface area contributed by atoms with E-state index in [2.05, 4.69) is 5.10 Å². The van der Waals surface area contributed by atoms with Crippen LogP contribution in [-0.4, -0.2) is 40.7 Å². The van der Waals surface area contributed by atoms with E-state index in [9.17, 15) is 9.18 Å². The summed E-state index contributed by atoms with van der Waals surface area (Å²) >= 11 is 0. The quantitative estimate of drug-likeness (QED) is 0.825. The van der Waals surface area contributed by atoms with Gasteiger partial charge in [-0.25, -0.2) is 4.39 Å². The van der Waals surface area contributed by atoms with Gasteiger partial charge in [0.2, 0.25) is 0 Å². The number of rotatable bonds is 3. The molecule has 6 heteroatoms. The Morgan fingerprint density at radius 1 is 1.71 bits per heavy atom. The highest BCUT2D eigenvalue weighted by molar-refractivity contribution is 5.95. The van der Waals surface area contributed by atoms with Crippen LogP contribution in [0, 0.1) is 0 Å². The zero-order valence-corrected chi connectivity index (χ0v) is 9.69. The predicted octanol–water partition coefficient (Wildman–Crippen LogP) is 0.323. The standard InChI is InChI=1S/C11H15FN4O/c1-15-3-2-10-9(11(15)17)7-16(14-10)6-8(4-12)5-13/h4,7H,2-3,5-6,13H2,1H3. The van der Waals surface area contributed by atoms with Crippen molar-refractivity contribution in [1.29, 1.82) is 0 Å². The van der Waals surface area contributed by atoms with Gasteiger partial charge >= 0.3 is 0 Å². The number of likely N-dealkylation sites (N-methyl/N-ethyl adjacent to an activating group) is 1. The molecule has 2 rings (SSSR count). The number of carbonyl (C=O) groups is 1. The summed E-state index contributed by atoms with van der Waals surface area (Å²) in [5, 5.41) is 4.28. The molecule has 0 fully saturated rings. The maximum atomic E-state index is 12.4. The minimum absolute atomic E-state index is 0.0315. The summed E-state index contributed by atoms with van der Waals surface area (Å²) in [4.78, 5) is 13.5. The molecule has 0 saturated carbocycles. The summed E-state index contributed by atoms with van der Waals surface area (Å²) < 4.78 is 14.0. The second-order valence-corrected chi connectivity index (χ2v) is 4.14. The second kappa shape index (κ2) is 4.67. The number of nitrogens with two attached hydrogens (primary N) is 1. The van der Waals surface area contributed by atoms with Crippen molar-refractivity contribution in [3.8, 4) is 0 Å². The molecule has 1 aliphatic rings. The van der Waals surface area contributed by atoms with Crippen LogP contribution in [0.5, 0.6) is 0 Å². The Hall–Kier alpha value is -1.69. The van der Waals surface area contributed by atoms with Gasteiger partial charge in [0.15, 0.2) is 0 Å². The Morgan fingerprint density at radius 2 is 2.47 bits per heavy atom. The third-order valence-corrected chi connectivity index (χ3v) is 2.88. The van der Waals surface area contributed by atoms with E-state index in [1.165, 1.54) is 0 Å². The number of nitrogens with zero attached hydrogens (tertiary/aromatic N) is 3. The largest absolute Gasteiger partial charge is 0.341 e. The lowest BCUT2D eigenvalue weighted by Crippen LogP contribution is -2.33. The van der Waals surface area contributed by atoms with Crippen molar-refractivity contribution in [3.63, 3.8) is 0 Å². The van der Waals surface area contributed by atoms with Crippen LogP contribution >= 0.6 is 0 Å². The Balaban J connectivity index is 2.23. The molecule has 0 atom stereocenters. The number of carbonyl (C=O) groups excluding carboxylic acids is 1. The fourth-order valence-corrected chi connectivity index (χ4v) is 1.84. The van der Waals surface area contributed by atoms with E-state index in [0.29, 0.717) is 24.0 Å². The molecule has 2 heterocycles. The molecule has 92 valence electrons. The van der Waals surface area contributed by atoms with E-state index in [0.717, 1.165) is 12.1 Å².